The Morgan fingerprint density at radius 1 is 1.11 bits per heavy atom. The zero-order valence-corrected chi connectivity index (χ0v) is 17.7. The molecular weight excluding hydrogens is 401 g/mol. The molecule has 8 heteroatoms. The highest BCUT2D eigenvalue weighted by Gasteiger charge is 2.19. The monoisotopic (exact) mass is 429 g/mol. The Balaban J connectivity index is 1.55. The SMILES string of the molecule is NC(=O)CCSCC(=O)CCCCN1CCN(Cc2c(F)cccc2Cl)CC1. The van der Waals surface area contributed by atoms with Crippen molar-refractivity contribution in [3.8, 4) is 0 Å². The number of primary amides is 1. The van der Waals surface area contributed by atoms with E-state index in [1.54, 1.807) is 12.1 Å². The molecule has 1 aromatic carbocycles. The predicted octanol–water partition coefficient (Wildman–Crippen LogP) is 2.94. The van der Waals surface area contributed by atoms with E-state index < -0.39 is 0 Å². The van der Waals surface area contributed by atoms with Crippen molar-refractivity contribution in [2.45, 2.75) is 32.2 Å². The topological polar surface area (TPSA) is 66.6 Å². The first-order valence-electron chi connectivity index (χ1n) is 9.71. The molecule has 1 heterocycles. The lowest BCUT2D eigenvalue weighted by atomic mass is 10.1. The Morgan fingerprint density at radius 2 is 1.82 bits per heavy atom. The van der Waals surface area contributed by atoms with Gasteiger partial charge < -0.3 is 10.6 Å². The first kappa shape index (κ1) is 23.1. The third-order valence-electron chi connectivity index (χ3n) is 4.84. The normalized spacial score (nSPS) is 15.6. The number of amides is 1. The van der Waals surface area contributed by atoms with E-state index in [4.69, 9.17) is 17.3 Å². The molecule has 1 aromatic rings. The number of nitrogens with zero attached hydrogens (tertiary/aromatic N) is 2. The predicted molar refractivity (Wildman–Crippen MR) is 113 cm³/mol. The number of halogens is 2. The molecule has 2 rings (SSSR count). The number of nitrogens with two attached hydrogens (primary N) is 1. The first-order valence-corrected chi connectivity index (χ1v) is 11.2. The van der Waals surface area contributed by atoms with Crippen molar-refractivity contribution in [3.63, 3.8) is 0 Å². The fourth-order valence-electron chi connectivity index (χ4n) is 3.17. The Kier molecular flexibility index (Phi) is 10.3. The van der Waals surface area contributed by atoms with Crippen LogP contribution in [-0.2, 0) is 16.1 Å². The van der Waals surface area contributed by atoms with E-state index in [2.05, 4.69) is 9.80 Å². The van der Waals surface area contributed by atoms with Crippen LogP contribution in [0.1, 0.15) is 31.2 Å². The van der Waals surface area contributed by atoms with Crippen LogP contribution in [0.4, 0.5) is 4.39 Å². The second kappa shape index (κ2) is 12.4. The lowest BCUT2D eigenvalue weighted by Gasteiger charge is -2.34. The molecule has 0 aliphatic carbocycles. The summed E-state index contributed by atoms with van der Waals surface area (Å²) in [6, 6.07) is 4.81. The zero-order valence-electron chi connectivity index (χ0n) is 16.2. The molecule has 0 unspecified atom stereocenters. The summed E-state index contributed by atoms with van der Waals surface area (Å²) >= 11 is 7.59. The van der Waals surface area contributed by atoms with Gasteiger partial charge in [-0.1, -0.05) is 17.7 Å². The number of carbonyl (C=O) groups excluding carboxylic acids is 2. The molecule has 1 aliphatic rings. The van der Waals surface area contributed by atoms with Crippen molar-refractivity contribution in [3.05, 3.63) is 34.6 Å². The highest BCUT2D eigenvalue weighted by Crippen LogP contribution is 2.21. The van der Waals surface area contributed by atoms with Crippen molar-refractivity contribution in [2.75, 3.05) is 44.2 Å². The van der Waals surface area contributed by atoms with Crippen molar-refractivity contribution in [1.82, 2.24) is 9.80 Å². The molecule has 28 heavy (non-hydrogen) atoms. The number of benzene rings is 1. The van der Waals surface area contributed by atoms with Gasteiger partial charge in [-0.3, -0.25) is 14.5 Å². The van der Waals surface area contributed by atoms with Gasteiger partial charge in [-0.15, -0.1) is 0 Å². The Bertz CT molecular complexity index is 634. The van der Waals surface area contributed by atoms with E-state index >= 15 is 0 Å². The van der Waals surface area contributed by atoms with Crippen molar-refractivity contribution < 1.29 is 14.0 Å². The molecule has 0 bridgehead atoms. The summed E-state index contributed by atoms with van der Waals surface area (Å²) in [6.45, 7) is 5.20. The minimum absolute atomic E-state index is 0.237. The van der Waals surface area contributed by atoms with Gasteiger partial charge in [0.2, 0.25) is 5.91 Å². The third kappa shape index (κ3) is 8.47. The zero-order chi connectivity index (χ0) is 20.4. The third-order valence-corrected chi connectivity index (χ3v) is 6.22. The number of thioether (sulfide) groups is 1. The molecule has 1 amide bonds. The fourth-order valence-corrected chi connectivity index (χ4v) is 4.25. The van der Waals surface area contributed by atoms with Gasteiger partial charge in [0.05, 0.1) is 5.75 Å². The number of unbranched alkanes of at least 4 members (excludes halogenated alkanes) is 1. The minimum Gasteiger partial charge on any atom is -0.370 e. The van der Waals surface area contributed by atoms with E-state index in [0.717, 1.165) is 45.6 Å². The maximum atomic E-state index is 13.9. The average molecular weight is 430 g/mol. The van der Waals surface area contributed by atoms with Gasteiger partial charge in [-0.25, -0.2) is 4.39 Å². The van der Waals surface area contributed by atoms with Crippen LogP contribution in [0.3, 0.4) is 0 Å². The molecule has 0 radical (unpaired) electrons. The number of piperazine rings is 1. The van der Waals surface area contributed by atoms with Gasteiger partial charge in [-0.05, 0) is 31.5 Å². The molecule has 0 aromatic heterocycles. The standard InChI is InChI=1S/C20H29ClFN3O2S/c21-18-5-3-6-19(22)17(18)14-25-11-9-24(10-12-25)8-2-1-4-16(26)15-28-13-7-20(23)27/h3,5-6H,1-2,4,7-15H2,(H2,23,27). The van der Waals surface area contributed by atoms with Gasteiger partial charge in [0.1, 0.15) is 11.6 Å². The summed E-state index contributed by atoms with van der Waals surface area (Å²) in [5.41, 5.74) is 5.65. The summed E-state index contributed by atoms with van der Waals surface area (Å²) in [7, 11) is 0. The van der Waals surface area contributed by atoms with Gasteiger partial charge in [0.25, 0.3) is 0 Å². The number of hydrogen-bond acceptors (Lipinski definition) is 5. The second-order valence-corrected chi connectivity index (χ2v) is 8.60. The average Bonchev–Trinajstić information content (AvgIpc) is 2.66. The molecule has 1 fully saturated rings. The van der Waals surface area contributed by atoms with E-state index in [1.807, 2.05) is 0 Å². The van der Waals surface area contributed by atoms with Crippen molar-refractivity contribution in [1.29, 1.82) is 0 Å². The summed E-state index contributed by atoms with van der Waals surface area (Å²) in [5.74, 6) is 0.749. The van der Waals surface area contributed by atoms with E-state index in [0.29, 0.717) is 41.5 Å². The minimum atomic E-state index is -0.322. The maximum Gasteiger partial charge on any atom is 0.218 e. The maximum absolute atomic E-state index is 13.9. The van der Waals surface area contributed by atoms with Crippen LogP contribution < -0.4 is 5.73 Å². The van der Waals surface area contributed by atoms with Crippen LogP contribution in [0.5, 0.6) is 0 Å². The van der Waals surface area contributed by atoms with Gasteiger partial charge in [0.15, 0.2) is 0 Å². The van der Waals surface area contributed by atoms with Gasteiger partial charge >= 0.3 is 0 Å². The van der Waals surface area contributed by atoms with Crippen molar-refractivity contribution >= 4 is 35.1 Å². The summed E-state index contributed by atoms with van der Waals surface area (Å²) in [5, 5.41) is 0.486. The lowest BCUT2D eigenvalue weighted by Crippen LogP contribution is -2.46. The summed E-state index contributed by atoms with van der Waals surface area (Å²) in [6.07, 6.45) is 2.81. The molecule has 1 saturated heterocycles. The van der Waals surface area contributed by atoms with E-state index in [1.165, 1.54) is 17.8 Å². The quantitative estimate of drug-likeness (QED) is 0.517. The van der Waals surface area contributed by atoms with E-state index in [9.17, 15) is 14.0 Å². The summed E-state index contributed by atoms with van der Waals surface area (Å²) in [4.78, 5) is 27.1. The summed E-state index contributed by atoms with van der Waals surface area (Å²) < 4.78 is 13.9. The molecule has 5 nitrogen and oxygen atoms in total. The largest absolute Gasteiger partial charge is 0.370 e. The van der Waals surface area contributed by atoms with Gasteiger partial charge in [-0.2, -0.15) is 11.8 Å². The first-order chi connectivity index (χ1) is 13.5. The molecule has 156 valence electrons. The van der Waals surface area contributed by atoms with Crippen LogP contribution in [0.15, 0.2) is 18.2 Å². The lowest BCUT2D eigenvalue weighted by molar-refractivity contribution is -0.118. The van der Waals surface area contributed by atoms with Crippen molar-refractivity contribution in [2.24, 2.45) is 5.73 Å². The highest BCUT2D eigenvalue weighted by atomic mass is 35.5. The Morgan fingerprint density at radius 3 is 2.50 bits per heavy atom. The highest BCUT2D eigenvalue weighted by molar-refractivity contribution is 7.99. The van der Waals surface area contributed by atoms with Crippen LogP contribution in [-0.4, -0.2) is 65.7 Å². The fraction of sp³-hybridized carbons (Fsp3) is 0.600. The number of hydrogen-bond donors (Lipinski definition) is 1. The smallest absolute Gasteiger partial charge is 0.218 e. The second-order valence-electron chi connectivity index (χ2n) is 7.08. The molecule has 1 aliphatic heterocycles. The number of Topliss-reactive ketones (excluding diaryl/α,β-unsaturated/α-hetero) is 1. The van der Waals surface area contributed by atoms with Crippen LogP contribution >= 0.6 is 23.4 Å². The number of carbonyl (C=O) groups is 2. The van der Waals surface area contributed by atoms with Crippen LogP contribution in [0.25, 0.3) is 0 Å². The van der Waals surface area contributed by atoms with E-state index in [-0.39, 0.29) is 17.5 Å². The molecular formula is C20H29ClFN3O2S. The molecule has 2 N–H and O–H groups in total. The number of rotatable bonds is 12. The van der Waals surface area contributed by atoms with Crippen LogP contribution in [0, 0.1) is 5.82 Å². The molecule has 0 saturated carbocycles. The number of ketones is 1. The Labute approximate surface area is 175 Å². The molecule has 0 atom stereocenters. The molecule has 0 spiro atoms. The van der Waals surface area contributed by atoms with Gasteiger partial charge in [0, 0.05) is 61.9 Å². The Hall–Kier alpha value is -1.15. The van der Waals surface area contributed by atoms with Crippen LogP contribution in [0.2, 0.25) is 5.02 Å².